The van der Waals surface area contributed by atoms with Gasteiger partial charge in [-0.1, -0.05) is 66.7 Å². The third kappa shape index (κ3) is 11.3. The number of anilines is 3. The predicted molar refractivity (Wildman–Crippen MR) is 213 cm³/mol. The fourth-order valence-corrected chi connectivity index (χ4v) is 6.78. The molecule has 0 atom stereocenters. The Labute approximate surface area is 375 Å². The molecule has 22 heteroatoms. The SMILES string of the molecule is O=C(OCCCc1ccc(N(c2ccc(CCCO)cc2)c2ccc(-c3ccccc3)cc2)cc1)c1ccc(OC(=C(C(F)(C(F)(F)F)C(F)(F)F)C(F)(C(F)(F)F)C(F)(F)F)C(F)(F)F)cc1. The third-order valence-electron chi connectivity index (χ3n) is 10.1. The number of carbonyl (C=O) groups excluding carboxylic acids is 1. The summed E-state index contributed by atoms with van der Waals surface area (Å²) in [5, 5.41) is 9.23. The molecule has 5 aromatic carbocycles. The molecule has 5 rings (SSSR count). The Morgan fingerprint density at radius 1 is 0.485 bits per heavy atom. The Balaban J connectivity index is 1.33. The first-order valence-electron chi connectivity index (χ1n) is 19.7. The smallest absolute Gasteiger partial charge is 0.449 e. The maximum absolute atomic E-state index is 15.0. The van der Waals surface area contributed by atoms with Crippen LogP contribution in [0.3, 0.4) is 0 Å². The minimum atomic E-state index is -8.32. The molecule has 0 aliphatic rings. The highest BCUT2D eigenvalue weighted by atomic mass is 19.4. The number of aryl methyl sites for hydroxylation is 2. The highest BCUT2D eigenvalue weighted by Crippen LogP contribution is 2.63. The van der Waals surface area contributed by atoms with Crippen LogP contribution >= 0.6 is 0 Å². The van der Waals surface area contributed by atoms with E-state index in [0.717, 1.165) is 39.3 Å². The van der Waals surface area contributed by atoms with Gasteiger partial charge >= 0.3 is 48.2 Å². The average Bonchev–Trinajstić information content (AvgIpc) is 3.26. The third-order valence-corrected chi connectivity index (χ3v) is 10.1. The van der Waals surface area contributed by atoms with Gasteiger partial charge in [-0.15, -0.1) is 0 Å². The molecular formula is C46H34F17NO4. The zero-order chi connectivity index (χ0) is 50.5. The molecule has 5 nitrogen and oxygen atoms in total. The highest BCUT2D eigenvalue weighted by Gasteiger charge is 2.88. The van der Waals surface area contributed by atoms with Crippen LogP contribution in [0.2, 0.25) is 0 Å². The van der Waals surface area contributed by atoms with Gasteiger partial charge in [0.2, 0.25) is 5.76 Å². The number of benzene rings is 5. The molecule has 0 spiro atoms. The molecule has 0 saturated carbocycles. The van der Waals surface area contributed by atoms with Crippen LogP contribution in [-0.2, 0) is 17.6 Å². The summed E-state index contributed by atoms with van der Waals surface area (Å²) in [6, 6.07) is 33.4. The van der Waals surface area contributed by atoms with Crippen LogP contribution in [-0.4, -0.2) is 66.5 Å². The fourth-order valence-electron chi connectivity index (χ4n) is 6.78. The van der Waals surface area contributed by atoms with E-state index >= 15 is 8.78 Å². The molecule has 68 heavy (non-hydrogen) atoms. The number of carbonyl (C=O) groups is 1. The van der Waals surface area contributed by atoms with Gasteiger partial charge in [0.25, 0.3) is 0 Å². The number of nitrogens with zero attached hydrogens (tertiary/aromatic N) is 1. The Kier molecular flexibility index (Phi) is 15.6. The molecule has 0 radical (unpaired) electrons. The molecule has 0 bridgehead atoms. The topological polar surface area (TPSA) is 59.0 Å². The summed E-state index contributed by atoms with van der Waals surface area (Å²) >= 11 is 0. The molecule has 366 valence electrons. The summed E-state index contributed by atoms with van der Waals surface area (Å²) < 4.78 is 243. The maximum atomic E-state index is 15.0. The molecule has 0 aliphatic heterocycles. The number of aliphatic hydroxyl groups is 1. The normalized spacial score (nSPS) is 13.0. The number of allylic oxidation sites excluding steroid dienone is 2. The molecule has 0 unspecified atom stereocenters. The van der Waals surface area contributed by atoms with Gasteiger partial charge in [-0.25, -0.2) is 13.6 Å². The van der Waals surface area contributed by atoms with Crippen LogP contribution in [0.25, 0.3) is 11.1 Å². The van der Waals surface area contributed by atoms with Crippen LogP contribution in [0, 0.1) is 0 Å². The fraction of sp³-hybridized carbons (Fsp3) is 0.283. The number of halogens is 17. The van der Waals surface area contributed by atoms with Crippen molar-refractivity contribution in [3.05, 3.63) is 155 Å². The standard InChI is InChI=1S/C46H34F17NO4/c47-40(43(52,53)54,44(55,56)57)37(41(48,45(58,59)60)46(61,62)63)38(42(49,50)51)68-36-24-16-32(17-25-36)39(66)67-27-5-7-29-12-20-34(21-13-29)64(33-18-10-28(11-19-33)6-4-26-65)35-22-14-31(15-23-35)30-8-2-1-3-9-30/h1-3,8-25,65H,4-7,26-27H2. The summed E-state index contributed by atoms with van der Waals surface area (Å²) in [6.07, 6.45) is -38.2. The lowest BCUT2D eigenvalue weighted by Crippen LogP contribution is -2.67. The zero-order valence-corrected chi connectivity index (χ0v) is 34.4. The van der Waals surface area contributed by atoms with E-state index in [9.17, 15) is 75.8 Å². The number of aliphatic hydroxyl groups excluding tert-OH is 1. The van der Waals surface area contributed by atoms with E-state index in [2.05, 4.69) is 4.74 Å². The monoisotopic (exact) mass is 987 g/mol. The minimum Gasteiger partial charge on any atom is -0.462 e. The molecule has 0 amide bonds. The number of hydrogen-bond acceptors (Lipinski definition) is 5. The van der Waals surface area contributed by atoms with Gasteiger partial charge in [0, 0.05) is 23.7 Å². The Bertz CT molecular complexity index is 2410. The average molecular weight is 988 g/mol. The zero-order valence-electron chi connectivity index (χ0n) is 34.4. The lowest BCUT2D eigenvalue weighted by Gasteiger charge is -2.41. The molecule has 0 aliphatic carbocycles. The van der Waals surface area contributed by atoms with Crippen molar-refractivity contribution < 1.29 is 94.0 Å². The van der Waals surface area contributed by atoms with Crippen molar-refractivity contribution in [1.29, 1.82) is 0 Å². The summed E-state index contributed by atoms with van der Waals surface area (Å²) in [6.45, 7) is -0.301. The van der Waals surface area contributed by atoms with Crippen molar-refractivity contribution in [3.8, 4) is 16.9 Å². The second kappa shape index (κ2) is 20.1. The minimum absolute atomic E-state index is 0.0392. The molecule has 0 fully saturated rings. The highest BCUT2D eigenvalue weighted by molar-refractivity contribution is 5.89. The largest absolute Gasteiger partial charge is 0.462 e. The van der Waals surface area contributed by atoms with E-state index in [1.807, 2.05) is 95.9 Å². The van der Waals surface area contributed by atoms with Crippen LogP contribution in [0.15, 0.2) is 139 Å². The van der Waals surface area contributed by atoms with Crippen LogP contribution < -0.4 is 9.64 Å². The molecule has 0 aromatic heterocycles. The van der Waals surface area contributed by atoms with E-state index in [1.54, 1.807) is 12.1 Å². The second-order valence-corrected chi connectivity index (χ2v) is 14.8. The predicted octanol–water partition coefficient (Wildman–Crippen LogP) is 14.4. The Morgan fingerprint density at radius 3 is 1.28 bits per heavy atom. The van der Waals surface area contributed by atoms with Crippen molar-refractivity contribution >= 4 is 23.0 Å². The number of esters is 1. The lowest BCUT2D eigenvalue weighted by molar-refractivity contribution is -0.365. The Morgan fingerprint density at radius 2 is 0.882 bits per heavy atom. The van der Waals surface area contributed by atoms with Gasteiger partial charge in [0.05, 0.1) is 17.7 Å². The maximum Gasteiger partial charge on any atom is 0.449 e. The van der Waals surface area contributed by atoms with E-state index in [-0.39, 0.29) is 31.8 Å². The molecule has 5 aromatic rings. The first kappa shape index (κ1) is 52.6. The Hall–Kier alpha value is -6.32. The first-order chi connectivity index (χ1) is 31.5. The summed E-state index contributed by atoms with van der Waals surface area (Å²) in [4.78, 5) is 14.7. The lowest BCUT2D eigenvalue weighted by atomic mass is 9.79. The summed E-state index contributed by atoms with van der Waals surface area (Å²) in [5.74, 6) is -7.72. The summed E-state index contributed by atoms with van der Waals surface area (Å²) in [7, 11) is 0. The summed E-state index contributed by atoms with van der Waals surface area (Å²) in [5.41, 5.74) is -16.7. The van der Waals surface area contributed by atoms with Gasteiger partial charge < -0.3 is 19.5 Å². The molecule has 1 N–H and O–H groups in total. The van der Waals surface area contributed by atoms with E-state index in [1.165, 1.54) is 0 Å². The molecule has 0 saturated heterocycles. The van der Waals surface area contributed by atoms with Crippen LogP contribution in [0.1, 0.15) is 34.3 Å². The van der Waals surface area contributed by atoms with Crippen molar-refractivity contribution in [2.45, 2.75) is 67.9 Å². The molecule has 0 heterocycles. The second-order valence-electron chi connectivity index (χ2n) is 14.8. The van der Waals surface area contributed by atoms with Gasteiger partial charge in [0.15, 0.2) is 0 Å². The van der Waals surface area contributed by atoms with Crippen molar-refractivity contribution in [2.75, 3.05) is 18.1 Å². The van der Waals surface area contributed by atoms with Crippen LogP contribution in [0.4, 0.5) is 91.7 Å². The van der Waals surface area contributed by atoms with Gasteiger partial charge in [-0.05, 0) is 109 Å². The quantitative estimate of drug-likeness (QED) is 0.0462. The number of rotatable bonds is 16. The van der Waals surface area contributed by atoms with Gasteiger partial charge in [-0.2, -0.15) is 65.9 Å². The van der Waals surface area contributed by atoms with Crippen molar-refractivity contribution in [3.63, 3.8) is 0 Å². The van der Waals surface area contributed by atoms with E-state index < -0.39 is 70.8 Å². The first-order valence-corrected chi connectivity index (χ1v) is 19.7. The number of ether oxygens (including phenoxy) is 2. The number of hydrogen-bond donors (Lipinski definition) is 1. The van der Waals surface area contributed by atoms with Gasteiger partial charge in [0.1, 0.15) is 5.75 Å². The molecular weight excluding hydrogens is 953 g/mol. The van der Waals surface area contributed by atoms with Crippen LogP contribution in [0.5, 0.6) is 5.75 Å². The van der Waals surface area contributed by atoms with E-state index in [0.29, 0.717) is 31.4 Å². The van der Waals surface area contributed by atoms with Gasteiger partial charge in [-0.3, -0.25) is 0 Å². The van der Waals surface area contributed by atoms with E-state index in [4.69, 9.17) is 4.74 Å². The van der Waals surface area contributed by atoms with Crippen molar-refractivity contribution in [1.82, 2.24) is 0 Å². The van der Waals surface area contributed by atoms with Crippen molar-refractivity contribution in [2.24, 2.45) is 0 Å². The number of alkyl halides is 17.